The number of benzene rings is 1. The van der Waals surface area contributed by atoms with Crippen LogP contribution in [0.4, 0.5) is 22.0 Å². The summed E-state index contributed by atoms with van der Waals surface area (Å²) in [4.78, 5) is 1.15. The lowest BCUT2D eigenvalue weighted by Crippen LogP contribution is -2.40. The summed E-state index contributed by atoms with van der Waals surface area (Å²) in [7, 11) is 0. The third-order valence-electron chi connectivity index (χ3n) is 3.10. The molecule has 0 heterocycles. The van der Waals surface area contributed by atoms with Gasteiger partial charge in [0.05, 0.1) is 6.54 Å². The maximum atomic E-state index is 13.8. The van der Waals surface area contributed by atoms with Crippen molar-refractivity contribution in [3.63, 3.8) is 0 Å². The number of likely N-dealkylation sites (N-methyl/N-ethyl adjacent to an activating group) is 2. The number of alkyl halides is 3. The van der Waals surface area contributed by atoms with E-state index < -0.39 is 30.4 Å². The van der Waals surface area contributed by atoms with Crippen LogP contribution in [0, 0.1) is 11.6 Å². The zero-order valence-corrected chi connectivity index (χ0v) is 12.0. The third-order valence-corrected chi connectivity index (χ3v) is 3.10. The Morgan fingerprint density at radius 2 is 1.86 bits per heavy atom. The molecular weight excluding hydrogens is 291 g/mol. The fourth-order valence-electron chi connectivity index (χ4n) is 2.13. The second-order valence-corrected chi connectivity index (χ2v) is 4.70. The van der Waals surface area contributed by atoms with Crippen molar-refractivity contribution < 1.29 is 22.0 Å². The van der Waals surface area contributed by atoms with Gasteiger partial charge in [0.1, 0.15) is 0 Å². The van der Waals surface area contributed by atoms with Crippen LogP contribution in [0.5, 0.6) is 0 Å². The van der Waals surface area contributed by atoms with E-state index in [4.69, 9.17) is 0 Å². The van der Waals surface area contributed by atoms with Gasteiger partial charge in [-0.2, -0.15) is 13.2 Å². The molecule has 0 bridgehead atoms. The van der Waals surface area contributed by atoms with Gasteiger partial charge in [-0.1, -0.05) is 26.0 Å². The molecule has 0 radical (unpaired) electrons. The SMILES string of the molecule is CCNC(CN(CC)CC(F)(F)F)c1cccc(F)c1F. The molecule has 21 heavy (non-hydrogen) atoms. The number of rotatable bonds is 7. The van der Waals surface area contributed by atoms with E-state index >= 15 is 0 Å². The fourth-order valence-corrected chi connectivity index (χ4v) is 2.13. The Morgan fingerprint density at radius 1 is 1.19 bits per heavy atom. The Labute approximate surface area is 120 Å². The molecule has 1 aromatic carbocycles. The predicted molar refractivity (Wildman–Crippen MR) is 70.9 cm³/mol. The lowest BCUT2D eigenvalue weighted by molar-refractivity contribution is -0.146. The van der Waals surface area contributed by atoms with Crippen molar-refractivity contribution >= 4 is 0 Å². The van der Waals surface area contributed by atoms with Crippen molar-refractivity contribution in [2.75, 3.05) is 26.2 Å². The summed E-state index contributed by atoms with van der Waals surface area (Å²) in [6.07, 6.45) is -4.33. The highest BCUT2D eigenvalue weighted by Crippen LogP contribution is 2.22. The largest absolute Gasteiger partial charge is 0.401 e. The minimum Gasteiger partial charge on any atom is -0.309 e. The van der Waals surface area contributed by atoms with E-state index in [0.717, 1.165) is 11.0 Å². The first-order chi connectivity index (χ1) is 9.78. The molecular formula is C14H19F5N2. The standard InChI is InChI=1S/C14H19F5N2/c1-3-20-12(8-21(4-2)9-14(17,18)19)10-6-5-7-11(15)13(10)16/h5-7,12,20H,3-4,8-9H2,1-2H3. The number of nitrogens with one attached hydrogen (secondary N) is 1. The van der Waals surface area contributed by atoms with E-state index in [-0.39, 0.29) is 18.7 Å². The highest BCUT2D eigenvalue weighted by molar-refractivity contribution is 5.23. The van der Waals surface area contributed by atoms with Crippen molar-refractivity contribution in [3.8, 4) is 0 Å². The minimum atomic E-state index is -4.33. The van der Waals surface area contributed by atoms with Gasteiger partial charge in [-0.25, -0.2) is 8.78 Å². The maximum absolute atomic E-state index is 13.8. The molecule has 0 aliphatic carbocycles. The van der Waals surface area contributed by atoms with Crippen LogP contribution in [0.15, 0.2) is 18.2 Å². The fraction of sp³-hybridized carbons (Fsp3) is 0.571. The van der Waals surface area contributed by atoms with Gasteiger partial charge in [0, 0.05) is 18.2 Å². The zero-order chi connectivity index (χ0) is 16.0. The average molecular weight is 310 g/mol. The summed E-state index contributed by atoms with van der Waals surface area (Å²) in [5.41, 5.74) is 0.0393. The summed E-state index contributed by atoms with van der Waals surface area (Å²) < 4.78 is 64.5. The summed E-state index contributed by atoms with van der Waals surface area (Å²) >= 11 is 0. The van der Waals surface area contributed by atoms with Gasteiger partial charge >= 0.3 is 6.18 Å². The number of nitrogens with zero attached hydrogens (tertiary/aromatic N) is 1. The normalized spacial score (nSPS) is 13.7. The molecule has 7 heteroatoms. The van der Waals surface area contributed by atoms with Gasteiger partial charge < -0.3 is 5.32 Å². The highest BCUT2D eigenvalue weighted by atomic mass is 19.4. The third kappa shape index (κ3) is 5.59. The topological polar surface area (TPSA) is 15.3 Å². The van der Waals surface area contributed by atoms with Crippen LogP contribution in [0.1, 0.15) is 25.5 Å². The number of hydrogen-bond donors (Lipinski definition) is 1. The van der Waals surface area contributed by atoms with Gasteiger partial charge in [-0.05, 0) is 19.2 Å². The quantitative estimate of drug-likeness (QED) is 0.776. The molecule has 0 fully saturated rings. The van der Waals surface area contributed by atoms with E-state index in [0.29, 0.717) is 6.54 Å². The minimum absolute atomic E-state index is 0.0393. The Bertz CT molecular complexity index is 447. The van der Waals surface area contributed by atoms with E-state index in [2.05, 4.69) is 5.32 Å². The molecule has 0 aliphatic rings. The second kappa shape index (κ2) is 7.70. The van der Waals surface area contributed by atoms with Gasteiger partial charge in [-0.15, -0.1) is 0 Å². The molecule has 0 amide bonds. The predicted octanol–water partition coefficient (Wildman–Crippen LogP) is 3.50. The first-order valence-electron chi connectivity index (χ1n) is 6.74. The van der Waals surface area contributed by atoms with Crippen molar-refractivity contribution in [1.29, 1.82) is 0 Å². The highest BCUT2D eigenvalue weighted by Gasteiger charge is 2.31. The van der Waals surface area contributed by atoms with Gasteiger partial charge in [-0.3, -0.25) is 4.90 Å². The molecule has 0 spiro atoms. The Kier molecular flexibility index (Phi) is 6.54. The molecule has 120 valence electrons. The Balaban J connectivity index is 2.93. The molecule has 1 unspecified atom stereocenters. The van der Waals surface area contributed by atoms with E-state index in [1.807, 2.05) is 0 Å². The molecule has 1 atom stereocenters. The summed E-state index contributed by atoms with van der Waals surface area (Å²) in [5.74, 6) is -2.03. The molecule has 0 saturated heterocycles. The lowest BCUT2D eigenvalue weighted by atomic mass is 10.0. The van der Waals surface area contributed by atoms with Crippen molar-refractivity contribution in [2.24, 2.45) is 0 Å². The molecule has 1 aromatic rings. The Hall–Kier alpha value is -1.21. The summed E-state index contributed by atoms with van der Waals surface area (Å²) in [6, 6.07) is 3.01. The molecule has 0 aromatic heterocycles. The van der Waals surface area contributed by atoms with Crippen LogP contribution in [0.25, 0.3) is 0 Å². The van der Waals surface area contributed by atoms with E-state index in [1.54, 1.807) is 13.8 Å². The first-order valence-corrected chi connectivity index (χ1v) is 6.74. The van der Waals surface area contributed by atoms with Gasteiger partial charge in [0.15, 0.2) is 11.6 Å². The van der Waals surface area contributed by atoms with Crippen LogP contribution in [-0.4, -0.2) is 37.3 Å². The molecule has 0 aliphatic heterocycles. The second-order valence-electron chi connectivity index (χ2n) is 4.70. The van der Waals surface area contributed by atoms with Crippen LogP contribution in [0.3, 0.4) is 0 Å². The monoisotopic (exact) mass is 310 g/mol. The van der Waals surface area contributed by atoms with Crippen LogP contribution >= 0.6 is 0 Å². The zero-order valence-electron chi connectivity index (χ0n) is 12.0. The average Bonchev–Trinajstić information content (AvgIpc) is 2.39. The van der Waals surface area contributed by atoms with Gasteiger partial charge in [0.2, 0.25) is 0 Å². The molecule has 0 saturated carbocycles. The maximum Gasteiger partial charge on any atom is 0.401 e. The molecule has 1 rings (SSSR count). The first kappa shape index (κ1) is 17.8. The van der Waals surface area contributed by atoms with Crippen molar-refractivity contribution in [1.82, 2.24) is 10.2 Å². The van der Waals surface area contributed by atoms with Gasteiger partial charge in [0.25, 0.3) is 0 Å². The molecule has 1 N–H and O–H groups in total. The van der Waals surface area contributed by atoms with Crippen LogP contribution in [-0.2, 0) is 0 Å². The lowest BCUT2D eigenvalue weighted by Gasteiger charge is -2.28. The van der Waals surface area contributed by atoms with Crippen molar-refractivity contribution in [3.05, 3.63) is 35.4 Å². The number of hydrogen-bond acceptors (Lipinski definition) is 2. The van der Waals surface area contributed by atoms with Crippen molar-refractivity contribution in [2.45, 2.75) is 26.1 Å². The van der Waals surface area contributed by atoms with E-state index in [9.17, 15) is 22.0 Å². The molecule has 2 nitrogen and oxygen atoms in total. The Morgan fingerprint density at radius 3 is 2.38 bits per heavy atom. The summed E-state index contributed by atoms with van der Waals surface area (Å²) in [5, 5.41) is 2.90. The summed E-state index contributed by atoms with van der Waals surface area (Å²) in [6.45, 7) is 2.82. The van der Waals surface area contributed by atoms with E-state index in [1.165, 1.54) is 12.1 Å². The number of halogens is 5. The smallest absolute Gasteiger partial charge is 0.309 e. The van der Waals surface area contributed by atoms with Crippen LogP contribution < -0.4 is 5.32 Å². The van der Waals surface area contributed by atoms with Crippen LogP contribution in [0.2, 0.25) is 0 Å².